The van der Waals surface area contributed by atoms with E-state index in [4.69, 9.17) is 4.42 Å². The monoisotopic (exact) mass is 364 g/mol. The molecule has 1 aromatic carbocycles. The van der Waals surface area contributed by atoms with Gasteiger partial charge in [0, 0.05) is 31.3 Å². The van der Waals surface area contributed by atoms with Gasteiger partial charge in [-0.1, -0.05) is 12.1 Å². The van der Waals surface area contributed by atoms with E-state index < -0.39 is 4.92 Å². The molecule has 0 unspecified atom stereocenters. The molecular weight excluding hydrogens is 340 g/mol. The molecule has 2 N–H and O–H groups in total. The van der Waals surface area contributed by atoms with Crippen LogP contribution in [0.15, 0.2) is 40.7 Å². The summed E-state index contributed by atoms with van der Waals surface area (Å²) >= 11 is 1.72. The van der Waals surface area contributed by atoms with Crippen molar-refractivity contribution in [1.82, 2.24) is 15.5 Å². The van der Waals surface area contributed by atoms with Crippen LogP contribution in [0.1, 0.15) is 11.3 Å². The molecule has 1 heterocycles. The molecule has 0 aliphatic carbocycles. The number of hydrogen-bond donors (Lipinski definition) is 2. The Kier molecular flexibility index (Phi) is 7.15. The Balaban J connectivity index is 1.82. The maximum Gasteiger partial charge on any atom is 0.274 e. The lowest BCUT2D eigenvalue weighted by atomic mass is 10.1. The predicted octanol–water partition coefficient (Wildman–Crippen LogP) is 2.61. The van der Waals surface area contributed by atoms with E-state index in [0.29, 0.717) is 12.4 Å². The van der Waals surface area contributed by atoms with Crippen LogP contribution in [0.4, 0.5) is 0 Å². The van der Waals surface area contributed by atoms with Crippen molar-refractivity contribution in [2.75, 3.05) is 33.4 Å². The standard InChI is InChI=1S/C17H24N4O3S/c1-18-17(11-21(22)23)19-6-7-25-12-15-9-14-5-4-13(10-20(2)3)8-16(14)24-15/h4-5,8-9,11,18-19H,6-7,10,12H2,1-3H3. The molecule has 2 rings (SSSR count). The molecule has 0 radical (unpaired) electrons. The number of thioether (sulfide) groups is 1. The van der Waals surface area contributed by atoms with Gasteiger partial charge in [-0.25, -0.2) is 0 Å². The number of furan rings is 1. The van der Waals surface area contributed by atoms with Crippen molar-refractivity contribution in [3.63, 3.8) is 0 Å². The van der Waals surface area contributed by atoms with Crippen LogP contribution in [0.2, 0.25) is 0 Å². The lowest BCUT2D eigenvalue weighted by Gasteiger charge is -2.08. The number of benzene rings is 1. The van der Waals surface area contributed by atoms with Crippen LogP contribution in [0.3, 0.4) is 0 Å². The summed E-state index contributed by atoms with van der Waals surface area (Å²) < 4.78 is 5.92. The normalized spacial score (nSPS) is 11.9. The van der Waals surface area contributed by atoms with Gasteiger partial charge in [0.25, 0.3) is 6.20 Å². The first-order chi connectivity index (χ1) is 12.0. The van der Waals surface area contributed by atoms with E-state index in [1.807, 2.05) is 14.1 Å². The molecule has 25 heavy (non-hydrogen) atoms. The van der Waals surface area contributed by atoms with Crippen molar-refractivity contribution in [2.24, 2.45) is 0 Å². The summed E-state index contributed by atoms with van der Waals surface area (Å²) in [6.45, 7) is 1.52. The number of nitrogens with zero attached hydrogens (tertiary/aromatic N) is 2. The van der Waals surface area contributed by atoms with E-state index in [1.54, 1.807) is 18.8 Å². The van der Waals surface area contributed by atoms with E-state index in [2.05, 4.69) is 39.8 Å². The average Bonchev–Trinajstić information content (AvgIpc) is 2.94. The number of rotatable bonds is 10. The summed E-state index contributed by atoms with van der Waals surface area (Å²) in [6, 6.07) is 8.38. The van der Waals surface area contributed by atoms with Gasteiger partial charge in [-0.3, -0.25) is 10.1 Å². The first kappa shape index (κ1) is 19.1. The zero-order chi connectivity index (χ0) is 18.2. The van der Waals surface area contributed by atoms with Gasteiger partial charge in [0.15, 0.2) is 5.82 Å². The number of fused-ring (bicyclic) bond motifs is 1. The van der Waals surface area contributed by atoms with Gasteiger partial charge >= 0.3 is 0 Å². The zero-order valence-corrected chi connectivity index (χ0v) is 15.6. The molecule has 0 saturated carbocycles. The second kappa shape index (κ2) is 9.33. The Hall–Kier alpha value is -2.19. The predicted molar refractivity (Wildman–Crippen MR) is 102 cm³/mol. The van der Waals surface area contributed by atoms with Crippen molar-refractivity contribution in [2.45, 2.75) is 12.3 Å². The van der Waals surface area contributed by atoms with Crippen molar-refractivity contribution in [1.29, 1.82) is 0 Å². The molecule has 0 atom stereocenters. The molecule has 2 aromatic rings. The first-order valence-corrected chi connectivity index (χ1v) is 9.14. The molecule has 0 amide bonds. The highest BCUT2D eigenvalue weighted by molar-refractivity contribution is 7.98. The minimum atomic E-state index is -0.481. The molecule has 8 heteroatoms. The van der Waals surface area contributed by atoms with E-state index >= 15 is 0 Å². The third kappa shape index (κ3) is 6.32. The fraction of sp³-hybridized carbons (Fsp3) is 0.412. The molecule has 7 nitrogen and oxygen atoms in total. The highest BCUT2D eigenvalue weighted by Gasteiger charge is 2.06. The topological polar surface area (TPSA) is 83.6 Å². The van der Waals surface area contributed by atoms with Crippen LogP contribution in [-0.4, -0.2) is 43.3 Å². The van der Waals surface area contributed by atoms with Crippen LogP contribution in [-0.2, 0) is 12.3 Å². The van der Waals surface area contributed by atoms with Gasteiger partial charge in [-0.05, 0) is 31.8 Å². The van der Waals surface area contributed by atoms with E-state index in [0.717, 1.165) is 41.0 Å². The summed E-state index contributed by atoms with van der Waals surface area (Å²) in [4.78, 5) is 12.1. The fourth-order valence-corrected chi connectivity index (χ4v) is 3.13. The first-order valence-electron chi connectivity index (χ1n) is 7.98. The van der Waals surface area contributed by atoms with Crippen LogP contribution < -0.4 is 10.6 Å². The molecule has 0 aliphatic heterocycles. The molecule has 0 bridgehead atoms. The summed E-state index contributed by atoms with van der Waals surface area (Å²) in [5.41, 5.74) is 2.15. The van der Waals surface area contributed by atoms with E-state index in [9.17, 15) is 10.1 Å². The Morgan fingerprint density at radius 3 is 2.88 bits per heavy atom. The minimum absolute atomic E-state index is 0.405. The maximum atomic E-state index is 10.4. The Morgan fingerprint density at radius 1 is 1.40 bits per heavy atom. The van der Waals surface area contributed by atoms with Crippen LogP contribution >= 0.6 is 11.8 Å². The number of nitro groups is 1. The maximum absolute atomic E-state index is 10.4. The lowest BCUT2D eigenvalue weighted by molar-refractivity contribution is -0.404. The van der Waals surface area contributed by atoms with Gasteiger partial charge in [-0.15, -0.1) is 0 Å². The van der Waals surface area contributed by atoms with Crippen molar-refractivity contribution < 1.29 is 9.34 Å². The average molecular weight is 364 g/mol. The van der Waals surface area contributed by atoms with E-state index in [1.165, 1.54) is 5.56 Å². The quantitative estimate of drug-likeness (QED) is 0.381. The summed E-state index contributed by atoms with van der Waals surface area (Å²) in [5, 5.41) is 17.3. The number of nitrogens with one attached hydrogen (secondary N) is 2. The summed E-state index contributed by atoms with van der Waals surface area (Å²) in [5.74, 6) is 2.94. The van der Waals surface area contributed by atoms with Gasteiger partial charge < -0.3 is 20.0 Å². The Bertz CT molecular complexity index is 743. The smallest absolute Gasteiger partial charge is 0.274 e. The zero-order valence-electron chi connectivity index (χ0n) is 14.7. The van der Waals surface area contributed by atoms with Crippen molar-refractivity contribution in [3.05, 3.63) is 57.7 Å². The SMILES string of the molecule is CNC(=C[N+](=O)[O-])NCCSCc1cc2ccc(CN(C)C)cc2o1. The van der Waals surface area contributed by atoms with Crippen LogP contribution in [0.5, 0.6) is 0 Å². The summed E-state index contributed by atoms with van der Waals surface area (Å²) in [7, 11) is 5.74. The van der Waals surface area contributed by atoms with E-state index in [-0.39, 0.29) is 0 Å². The minimum Gasteiger partial charge on any atom is -0.460 e. The third-order valence-corrected chi connectivity index (χ3v) is 4.43. The second-order valence-corrected chi connectivity index (χ2v) is 6.99. The van der Waals surface area contributed by atoms with Gasteiger partial charge in [0.05, 0.1) is 10.7 Å². The summed E-state index contributed by atoms with van der Waals surface area (Å²) in [6.07, 6.45) is 0.926. The van der Waals surface area contributed by atoms with Crippen molar-refractivity contribution >= 4 is 22.7 Å². The molecule has 0 saturated heterocycles. The molecule has 0 spiro atoms. The Labute approximate surface area is 151 Å². The lowest BCUT2D eigenvalue weighted by Crippen LogP contribution is -2.26. The second-order valence-electron chi connectivity index (χ2n) is 5.88. The molecule has 0 aliphatic rings. The number of hydrogen-bond acceptors (Lipinski definition) is 7. The largest absolute Gasteiger partial charge is 0.460 e. The fourth-order valence-electron chi connectivity index (χ4n) is 2.40. The van der Waals surface area contributed by atoms with Crippen LogP contribution in [0.25, 0.3) is 11.0 Å². The third-order valence-electron chi connectivity index (χ3n) is 3.44. The van der Waals surface area contributed by atoms with Gasteiger partial charge in [0.1, 0.15) is 11.3 Å². The van der Waals surface area contributed by atoms with Crippen molar-refractivity contribution in [3.8, 4) is 0 Å². The molecule has 136 valence electrons. The molecular formula is C17H24N4O3S. The van der Waals surface area contributed by atoms with Gasteiger partial charge in [-0.2, -0.15) is 11.8 Å². The molecule has 0 fully saturated rings. The van der Waals surface area contributed by atoms with Crippen LogP contribution in [0, 0.1) is 10.1 Å². The highest BCUT2D eigenvalue weighted by Crippen LogP contribution is 2.24. The molecule has 1 aromatic heterocycles. The Morgan fingerprint density at radius 2 is 2.20 bits per heavy atom. The van der Waals surface area contributed by atoms with Gasteiger partial charge in [0.2, 0.25) is 0 Å². The highest BCUT2D eigenvalue weighted by atomic mass is 32.2.